The SMILES string of the molecule is Cc1ccc(NC(=O)C[C@@H]2C(=O)N(Cc3ccccn3)c3nc4ccccc4n32)cc1Cl. The van der Waals surface area contributed by atoms with Gasteiger partial charge in [0.15, 0.2) is 0 Å². The predicted molar refractivity (Wildman–Crippen MR) is 124 cm³/mol. The number of halogens is 1. The van der Waals surface area contributed by atoms with Crippen LogP contribution in [-0.2, 0) is 16.1 Å². The van der Waals surface area contributed by atoms with Crippen LogP contribution >= 0.6 is 11.6 Å². The van der Waals surface area contributed by atoms with Gasteiger partial charge in [0, 0.05) is 16.9 Å². The van der Waals surface area contributed by atoms with Crippen molar-refractivity contribution in [3.05, 3.63) is 83.1 Å². The number of pyridine rings is 1. The van der Waals surface area contributed by atoms with Crippen molar-refractivity contribution >= 4 is 46.1 Å². The zero-order valence-corrected chi connectivity index (χ0v) is 18.1. The highest BCUT2D eigenvalue weighted by Gasteiger charge is 2.41. The lowest BCUT2D eigenvalue weighted by atomic mass is 10.1. The van der Waals surface area contributed by atoms with Crippen molar-refractivity contribution in [3.63, 3.8) is 0 Å². The fourth-order valence-electron chi connectivity index (χ4n) is 3.96. The Morgan fingerprint density at radius 2 is 1.94 bits per heavy atom. The number of carbonyl (C=O) groups excluding carboxylic acids is 2. The Hall–Kier alpha value is -3.71. The van der Waals surface area contributed by atoms with Gasteiger partial charge in [-0.05, 0) is 48.9 Å². The molecule has 1 aliphatic rings. The number of rotatable bonds is 5. The number of para-hydroxylation sites is 2. The first-order valence-corrected chi connectivity index (χ1v) is 10.6. The fourth-order valence-corrected chi connectivity index (χ4v) is 4.14. The average Bonchev–Trinajstić information content (AvgIpc) is 3.28. The molecule has 160 valence electrons. The van der Waals surface area contributed by atoms with Crippen LogP contribution in [0.2, 0.25) is 5.02 Å². The largest absolute Gasteiger partial charge is 0.326 e. The van der Waals surface area contributed by atoms with Crippen LogP contribution in [0.1, 0.15) is 23.7 Å². The number of nitrogens with one attached hydrogen (secondary N) is 1. The van der Waals surface area contributed by atoms with Gasteiger partial charge < -0.3 is 5.32 Å². The van der Waals surface area contributed by atoms with Gasteiger partial charge in [0.25, 0.3) is 5.91 Å². The van der Waals surface area contributed by atoms with E-state index in [9.17, 15) is 9.59 Å². The summed E-state index contributed by atoms with van der Waals surface area (Å²) < 4.78 is 1.85. The van der Waals surface area contributed by atoms with Gasteiger partial charge in [-0.3, -0.25) is 24.0 Å². The van der Waals surface area contributed by atoms with Crippen molar-refractivity contribution in [1.82, 2.24) is 14.5 Å². The summed E-state index contributed by atoms with van der Waals surface area (Å²) >= 11 is 6.17. The number of benzene rings is 2. The summed E-state index contributed by atoms with van der Waals surface area (Å²) in [6, 6.07) is 17.8. The maximum absolute atomic E-state index is 13.4. The number of amides is 2. The Morgan fingerprint density at radius 3 is 2.72 bits per heavy atom. The average molecular weight is 446 g/mol. The van der Waals surface area contributed by atoms with E-state index in [1.165, 1.54) is 0 Å². The van der Waals surface area contributed by atoms with Gasteiger partial charge in [-0.15, -0.1) is 0 Å². The first-order valence-electron chi connectivity index (χ1n) is 10.3. The zero-order valence-electron chi connectivity index (χ0n) is 17.3. The predicted octanol–water partition coefficient (Wildman–Crippen LogP) is 4.51. The van der Waals surface area contributed by atoms with E-state index in [1.807, 2.05) is 60.0 Å². The van der Waals surface area contributed by atoms with E-state index < -0.39 is 6.04 Å². The molecule has 2 amide bonds. The lowest BCUT2D eigenvalue weighted by Gasteiger charge is -2.15. The van der Waals surface area contributed by atoms with Gasteiger partial charge in [-0.2, -0.15) is 0 Å². The van der Waals surface area contributed by atoms with Crippen molar-refractivity contribution in [1.29, 1.82) is 0 Å². The summed E-state index contributed by atoms with van der Waals surface area (Å²) in [5, 5.41) is 3.43. The van der Waals surface area contributed by atoms with Crippen LogP contribution in [0.5, 0.6) is 0 Å². The summed E-state index contributed by atoms with van der Waals surface area (Å²) in [5.41, 5.74) is 3.86. The molecule has 2 aromatic carbocycles. The van der Waals surface area contributed by atoms with Crippen LogP contribution in [0.25, 0.3) is 11.0 Å². The number of hydrogen-bond acceptors (Lipinski definition) is 4. The van der Waals surface area contributed by atoms with E-state index in [2.05, 4.69) is 15.3 Å². The number of imidazole rings is 1. The van der Waals surface area contributed by atoms with Gasteiger partial charge in [-0.1, -0.05) is 35.9 Å². The standard InChI is InChI=1S/C24H20ClN5O2/c1-15-9-10-16(12-18(15)25)27-22(31)13-21-23(32)29(14-17-6-4-5-11-26-17)24-28-19-7-2-3-8-20(19)30(21)24/h2-12,21H,13-14H2,1H3,(H,27,31)/t21-/m1/s1. The number of fused-ring (bicyclic) bond motifs is 3. The molecule has 0 bridgehead atoms. The number of aryl methyl sites for hydroxylation is 1. The van der Waals surface area contributed by atoms with Crippen LogP contribution in [-0.4, -0.2) is 26.3 Å². The second kappa shape index (κ2) is 8.09. The van der Waals surface area contributed by atoms with Crippen LogP contribution in [0.4, 0.5) is 11.6 Å². The number of anilines is 2. The molecule has 0 fully saturated rings. The van der Waals surface area contributed by atoms with Crippen molar-refractivity contribution in [3.8, 4) is 0 Å². The Balaban J connectivity index is 1.46. The minimum atomic E-state index is -0.693. The molecule has 32 heavy (non-hydrogen) atoms. The fraction of sp³-hybridized carbons (Fsp3) is 0.167. The first kappa shape index (κ1) is 20.2. The second-order valence-electron chi connectivity index (χ2n) is 7.75. The monoisotopic (exact) mass is 445 g/mol. The molecule has 8 heteroatoms. The highest BCUT2D eigenvalue weighted by Crippen LogP contribution is 2.37. The third kappa shape index (κ3) is 3.61. The summed E-state index contributed by atoms with van der Waals surface area (Å²) in [4.78, 5) is 36.9. The molecule has 0 spiro atoms. The third-order valence-electron chi connectivity index (χ3n) is 5.56. The first-order chi connectivity index (χ1) is 15.5. The van der Waals surface area contributed by atoms with Crippen molar-refractivity contribution in [2.75, 3.05) is 10.2 Å². The molecule has 0 unspecified atom stereocenters. The highest BCUT2D eigenvalue weighted by atomic mass is 35.5. The van der Waals surface area contributed by atoms with Crippen LogP contribution in [0.3, 0.4) is 0 Å². The van der Waals surface area contributed by atoms with E-state index in [-0.39, 0.29) is 24.8 Å². The molecule has 2 aromatic heterocycles. The maximum Gasteiger partial charge on any atom is 0.253 e. The van der Waals surface area contributed by atoms with Gasteiger partial charge in [-0.25, -0.2) is 4.98 Å². The normalized spacial score (nSPS) is 15.2. The van der Waals surface area contributed by atoms with Crippen molar-refractivity contribution in [2.24, 2.45) is 0 Å². The zero-order chi connectivity index (χ0) is 22.2. The topological polar surface area (TPSA) is 80.1 Å². The molecule has 4 aromatic rings. The van der Waals surface area contributed by atoms with Crippen LogP contribution in [0, 0.1) is 6.92 Å². The quantitative estimate of drug-likeness (QED) is 0.490. The van der Waals surface area contributed by atoms with E-state index in [0.717, 1.165) is 22.3 Å². The number of hydrogen-bond donors (Lipinski definition) is 1. The van der Waals surface area contributed by atoms with Crippen molar-refractivity contribution in [2.45, 2.75) is 25.9 Å². The Labute approximate surface area is 189 Å². The molecule has 0 radical (unpaired) electrons. The molecular weight excluding hydrogens is 426 g/mol. The van der Waals surface area contributed by atoms with Gasteiger partial charge in [0.05, 0.1) is 29.7 Å². The number of carbonyl (C=O) groups is 2. The summed E-state index contributed by atoms with van der Waals surface area (Å²) in [7, 11) is 0. The molecule has 0 saturated heterocycles. The Bertz CT molecular complexity index is 1330. The molecule has 1 atom stereocenters. The highest BCUT2D eigenvalue weighted by molar-refractivity contribution is 6.31. The van der Waals surface area contributed by atoms with E-state index in [1.54, 1.807) is 23.2 Å². The van der Waals surface area contributed by atoms with E-state index in [4.69, 9.17) is 11.6 Å². The number of nitrogens with zero attached hydrogens (tertiary/aromatic N) is 4. The van der Waals surface area contributed by atoms with Gasteiger partial charge >= 0.3 is 0 Å². The molecule has 3 heterocycles. The maximum atomic E-state index is 13.4. The van der Waals surface area contributed by atoms with Crippen LogP contribution < -0.4 is 10.2 Å². The molecule has 0 saturated carbocycles. The van der Waals surface area contributed by atoms with Gasteiger partial charge in [0.1, 0.15) is 6.04 Å². The second-order valence-corrected chi connectivity index (χ2v) is 8.16. The minimum absolute atomic E-state index is 0.0175. The smallest absolute Gasteiger partial charge is 0.253 e. The van der Waals surface area contributed by atoms with Crippen molar-refractivity contribution < 1.29 is 9.59 Å². The summed E-state index contributed by atoms with van der Waals surface area (Å²) in [5.74, 6) is 0.0747. The minimum Gasteiger partial charge on any atom is -0.326 e. The molecule has 7 nitrogen and oxygen atoms in total. The third-order valence-corrected chi connectivity index (χ3v) is 5.97. The lowest BCUT2D eigenvalue weighted by molar-refractivity contribution is -0.124. The molecular formula is C24H20ClN5O2. The molecule has 0 aliphatic carbocycles. The Kier molecular flexibility index (Phi) is 5.11. The lowest BCUT2D eigenvalue weighted by Crippen LogP contribution is -2.31. The van der Waals surface area contributed by atoms with E-state index in [0.29, 0.717) is 16.7 Å². The summed E-state index contributed by atoms with van der Waals surface area (Å²) in [6.07, 6.45) is 1.67. The molecule has 1 aliphatic heterocycles. The van der Waals surface area contributed by atoms with E-state index >= 15 is 0 Å². The van der Waals surface area contributed by atoms with Crippen LogP contribution in [0.15, 0.2) is 66.9 Å². The Morgan fingerprint density at radius 1 is 1.12 bits per heavy atom. The molecule has 5 rings (SSSR count). The molecule has 1 N–H and O–H groups in total. The summed E-state index contributed by atoms with van der Waals surface area (Å²) in [6.45, 7) is 2.18. The number of aromatic nitrogens is 3. The van der Waals surface area contributed by atoms with Gasteiger partial charge in [0.2, 0.25) is 11.9 Å².